The molecule has 2 heterocycles. The number of halogens is 2. The van der Waals surface area contributed by atoms with Gasteiger partial charge in [0.25, 0.3) is 0 Å². The lowest BCUT2D eigenvalue weighted by Crippen LogP contribution is -2.42. The van der Waals surface area contributed by atoms with E-state index in [2.05, 4.69) is 10.3 Å². The minimum absolute atomic E-state index is 0.264. The van der Waals surface area contributed by atoms with Crippen LogP contribution in [0.4, 0.5) is 14.0 Å². The number of benzene rings is 3. The van der Waals surface area contributed by atoms with Crippen LogP contribution in [0.5, 0.6) is 11.5 Å². The maximum atomic E-state index is 13.4. The van der Waals surface area contributed by atoms with Crippen LogP contribution in [-0.2, 0) is 11.2 Å². The molecule has 0 bridgehead atoms. The summed E-state index contributed by atoms with van der Waals surface area (Å²) in [5, 5.41) is 4.33. The van der Waals surface area contributed by atoms with Gasteiger partial charge in [-0.3, -0.25) is 4.90 Å². The fourth-order valence-corrected chi connectivity index (χ4v) is 5.02. The number of nitrogens with one attached hydrogen (secondary N) is 2. The maximum absolute atomic E-state index is 13.4. The van der Waals surface area contributed by atoms with Crippen LogP contribution in [0.25, 0.3) is 10.9 Å². The molecule has 0 radical (unpaired) electrons. The average molecular weight is 566 g/mol. The van der Waals surface area contributed by atoms with Gasteiger partial charge in [0.2, 0.25) is 0 Å². The molecule has 2 N–H and O–H groups in total. The minimum atomic E-state index is -0.534. The number of carbonyl (C=O) groups is 2. The molecule has 40 heavy (non-hydrogen) atoms. The Morgan fingerprint density at radius 2 is 1.82 bits per heavy atom. The zero-order valence-electron chi connectivity index (χ0n) is 21.9. The number of aromatic amines is 1. The number of ether oxygens (including phenoxy) is 3. The highest BCUT2D eigenvalue weighted by Crippen LogP contribution is 2.40. The van der Waals surface area contributed by atoms with E-state index in [4.69, 9.17) is 25.8 Å². The number of hydrogen-bond donors (Lipinski definition) is 2. The molecule has 2 amide bonds. The molecule has 0 fully saturated rings. The molecule has 4 aromatic rings. The number of amides is 2. The first-order valence-electron chi connectivity index (χ1n) is 13.1. The van der Waals surface area contributed by atoms with Crippen molar-refractivity contribution in [2.75, 3.05) is 26.3 Å². The summed E-state index contributed by atoms with van der Waals surface area (Å²) < 4.78 is 29.7. The highest BCUT2D eigenvalue weighted by Gasteiger charge is 2.35. The smallest absolute Gasteiger partial charge is 0.416 e. The molecule has 3 aromatic carbocycles. The van der Waals surface area contributed by atoms with Crippen LogP contribution in [0.2, 0.25) is 5.02 Å². The molecule has 208 valence electrons. The molecule has 5 rings (SSSR count). The Balaban J connectivity index is 1.36. The number of aromatic nitrogens is 1. The van der Waals surface area contributed by atoms with Crippen molar-refractivity contribution in [3.8, 4) is 11.5 Å². The predicted octanol–water partition coefficient (Wildman–Crippen LogP) is 6.62. The summed E-state index contributed by atoms with van der Waals surface area (Å²) in [6, 6.07) is 18.1. The highest BCUT2D eigenvalue weighted by molar-refractivity contribution is 6.31. The van der Waals surface area contributed by atoms with Gasteiger partial charge in [-0.15, -0.1) is 0 Å². The molecule has 0 unspecified atom stereocenters. The molecule has 0 saturated heterocycles. The van der Waals surface area contributed by atoms with Crippen molar-refractivity contribution in [3.05, 3.63) is 94.4 Å². The van der Waals surface area contributed by atoms with Crippen LogP contribution in [0.15, 0.2) is 66.7 Å². The summed E-state index contributed by atoms with van der Waals surface area (Å²) in [6.45, 7) is 3.35. The van der Waals surface area contributed by atoms with Crippen LogP contribution in [-0.4, -0.2) is 48.4 Å². The summed E-state index contributed by atoms with van der Waals surface area (Å²) in [5.41, 5.74) is 3.79. The van der Waals surface area contributed by atoms with E-state index < -0.39 is 24.0 Å². The summed E-state index contributed by atoms with van der Waals surface area (Å²) in [4.78, 5) is 29.9. The van der Waals surface area contributed by atoms with Gasteiger partial charge in [0.1, 0.15) is 23.4 Å². The Morgan fingerprint density at radius 1 is 1.07 bits per heavy atom. The second-order valence-electron chi connectivity index (χ2n) is 9.29. The van der Waals surface area contributed by atoms with E-state index >= 15 is 0 Å². The first-order valence-corrected chi connectivity index (χ1v) is 13.5. The number of alkyl carbamates (subject to hydrolysis) is 1. The zero-order chi connectivity index (χ0) is 28.1. The third-order valence-corrected chi connectivity index (χ3v) is 6.91. The van der Waals surface area contributed by atoms with Gasteiger partial charge in [-0.2, -0.15) is 0 Å². The van der Waals surface area contributed by atoms with Gasteiger partial charge >= 0.3 is 12.2 Å². The topological polar surface area (TPSA) is 92.9 Å². The van der Waals surface area contributed by atoms with Crippen molar-refractivity contribution >= 4 is 34.7 Å². The van der Waals surface area contributed by atoms with Gasteiger partial charge in [-0.25, -0.2) is 14.0 Å². The molecule has 10 heteroatoms. The van der Waals surface area contributed by atoms with Crippen molar-refractivity contribution < 1.29 is 28.2 Å². The van der Waals surface area contributed by atoms with E-state index in [9.17, 15) is 14.0 Å². The van der Waals surface area contributed by atoms with Crippen molar-refractivity contribution in [1.29, 1.82) is 0 Å². The highest BCUT2D eigenvalue weighted by atomic mass is 35.5. The molecule has 0 spiro atoms. The summed E-state index contributed by atoms with van der Waals surface area (Å²) in [7, 11) is 0. The van der Waals surface area contributed by atoms with Crippen LogP contribution in [0.3, 0.4) is 0 Å². The molecular weight excluding hydrogens is 537 g/mol. The van der Waals surface area contributed by atoms with E-state index in [1.54, 1.807) is 11.8 Å². The Morgan fingerprint density at radius 3 is 2.58 bits per heavy atom. The Bertz CT molecular complexity index is 1490. The largest absolute Gasteiger partial charge is 0.494 e. The molecule has 0 saturated carbocycles. The minimum Gasteiger partial charge on any atom is -0.494 e. The fraction of sp³-hybridized carbons (Fsp3) is 0.267. The molecule has 1 aliphatic heterocycles. The lowest BCUT2D eigenvalue weighted by molar-refractivity contribution is 0.135. The van der Waals surface area contributed by atoms with Crippen LogP contribution < -0.4 is 14.8 Å². The first kappa shape index (κ1) is 27.3. The van der Waals surface area contributed by atoms with Gasteiger partial charge in [0.15, 0.2) is 0 Å². The van der Waals surface area contributed by atoms with E-state index in [1.807, 2.05) is 42.5 Å². The standard InChI is InChI=1S/C30H29ClFN3O5/c1-2-38-29(36)33-15-3-17-39-22-9-4-19(5-10-22)28-27-24(25-18-20(31)6-13-26(25)34-27)14-16-35(28)30(37)40-23-11-7-21(32)8-12-23/h4-13,18,28,34H,2-3,14-17H2,1H3,(H,33,36)/t28-/m0/s1. The van der Waals surface area contributed by atoms with E-state index in [-0.39, 0.29) is 5.75 Å². The Hall–Kier alpha value is -4.24. The monoisotopic (exact) mass is 565 g/mol. The average Bonchev–Trinajstić information content (AvgIpc) is 3.32. The number of rotatable bonds is 8. The lowest BCUT2D eigenvalue weighted by atomic mass is 9.92. The Labute approximate surface area is 236 Å². The van der Waals surface area contributed by atoms with Gasteiger partial charge in [0.05, 0.1) is 13.2 Å². The van der Waals surface area contributed by atoms with E-state index in [0.29, 0.717) is 49.9 Å². The van der Waals surface area contributed by atoms with Crippen molar-refractivity contribution in [3.63, 3.8) is 0 Å². The van der Waals surface area contributed by atoms with E-state index in [1.165, 1.54) is 24.3 Å². The van der Waals surface area contributed by atoms with E-state index in [0.717, 1.165) is 27.7 Å². The van der Waals surface area contributed by atoms with Crippen molar-refractivity contribution in [2.24, 2.45) is 0 Å². The molecule has 0 aliphatic carbocycles. The third kappa shape index (κ3) is 6.15. The quantitative estimate of drug-likeness (QED) is 0.234. The van der Waals surface area contributed by atoms with Crippen molar-refractivity contribution in [2.45, 2.75) is 25.8 Å². The summed E-state index contributed by atoms with van der Waals surface area (Å²) >= 11 is 6.29. The number of hydrogen-bond acceptors (Lipinski definition) is 5. The van der Waals surface area contributed by atoms with Crippen molar-refractivity contribution in [1.82, 2.24) is 15.2 Å². The van der Waals surface area contributed by atoms with Crippen LogP contribution in [0.1, 0.15) is 36.2 Å². The second-order valence-corrected chi connectivity index (χ2v) is 9.73. The van der Waals surface area contributed by atoms with Crippen LogP contribution >= 0.6 is 11.6 Å². The number of carbonyl (C=O) groups excluding carboxylic acids is 2. The number of H-pyrrole nitrogens is 1. The van der Waals surface area contributed by atoms with Gasteiger partial charge in [0, 0.05) is 34.7 Å². The molecule has 1 atom stereocenters. The molecular formula is C30H29ClFN3O5. The third-order valence-electron chi connectivity index (χ3n) is 6.67. The molecule has 1 aromatic heterocycles. The molecule has 1 aliphatic rings. The number of fused-ring (bicyclic) bond motifs is 3. The molecule has 8 nitrogen and oxygen atoms in total. The SMILES string of the molecule is CCOC(=O)NCCCOc1ccc([C@H]2c3[nH]c4ccc(Cl)cc4c3CCN2C(=O)Oc2ccc(F)cc2)cc1. The van der Waals surface area contributed by atoms with Gasteiger partial charge in [-0.1, -0.05) is 23.7 Å². The predicted molar refractivity (Wildman–Crippen MR) is 150 cm³/mol. The zero-order valence-corrected chi connectivity index (χ0v) is 22.7. The second kappa shape index (κ2) is 12.3. The van der Waals surface area contributed by atoms with Gasteiger partial charge in [-0.05, 0) is 85.5 Å². The lowest BCUT2D eigenvalue weighted by Gasteiger charge is -2.35. The number of nitrogens with zero attached hydrogens (tertiary/aromatic N) is 1. The normalized spacial score (nSPS) is 14.5. The van der Waals surface area contributed by atoms with Gasteiger partial charge < -0.3 is 24.5 Å². The fourth-order valence-electron chi connectivity index (χ4n) is 4.85. The summed E-state index contributed by atoms with van der Waals surface area (Å²) in [6.07, 6.45) is 0.257. The maximum Gasteiger partial charge on any atom is 0.416 e. The Kier molecular flexibility index (Phi) is 8.40. The first-order chi connectivity index (χ1) is 19.4. The summed E-state index contributed by atoms with van der Waals surface area (Å²) in [5.74, 6) is 0.523. The van der Waals surface area contributed by atoms with Crippen LogP contribution in [0, 0.1) is 5.82 Å².